The molecule has 81 valence electrons. The average Bonchev–Trinajstić information content (AvgIpc) is 2.33. The number of para-hydroxylation sites is 2. The Hall–Kier alpha value is -1.78. The lowest BCUT2D eigenvalue weighted by molar-refractivity contribution is 0.448. The van der Waals surface area contributed by atoms with Gasteiger partial charge in [0.1, 0.15) is 11.5 Å². The van der Waals surface area contributed by atoms with Gasteiger partial charge in [0.15, 0.2) is 0 Å². The van der Waals surface area contributed by atoms with Crippen LogP contribution < -0.4 is 4.74 Å². The molecular formula is C12H12BO3. The largest absolute Gasteiger partial charge is 0.482 e. The van der Waals surface area contributed by atoms with Crippen LogP contribution in [0.25, 0.3) is 0 Å². The summed E-state index contributed by atoms with van der Waals surface area (Å²) in [5.41, 5.74) is 0. The second-order valence-electron chi connectivity index (χ2n) is 2.84. The van der Waals surface area contributed by atoms with Gasteiger partial charge in [0.05, 0.1) is 0 Å². The first-order chi connectivity index (χ1) is 7.86. The van der Waals surface area contributed by atoms with E-state index < -0.39 is 0 Å². The fourth-order valence-electron chi connectivity index (χ4n) is 1.11. The minimum Gasteiger partial charge on any atom is -0.457 e. The van der Waals surface area contributed by atoms with Crippen LogP contribution in [0.5, 0.6) is 11.5 Å². The lowest BCUT2D eigenvalue weighted by Crippen LogP contribution is -1.81. The molecule has 0 unspecified atom stereocenters. The monoisotopic (exact) mass is 215 g/mol. The summed E-state index contributed by atoms with van der Waals surface area (Å²) in [7, 11) is 0. The molecule has 0 saturated carbocycles. The highest BCUT2D eigenvalue weighted by Crippen LogP contribution is 2.19. The lowest BCUT2D eigenvalue weighted by atomic mass is 10.3. The molecule has 0 heterocycles. The van der Waals surface area contributed by atoms with E-state index in [1.165, 1.54) is 0 Å². The molecule has 0 bridgehead atoms. The summed E-state index contributed by atoms with van der Waals surface area (Å²) in [5, 5.41) is 14.0. The van der Waals surface area contributed by atoms with Crippen LogP contribution in [-0.2, 0) is 0 Å². The summed E-state index contributed by atoms with van der Waals surface area (Å²) < 4.78 is 5.58. The summed E-state index contributed by atoms with van der Waals surface area (Å²) in [6.45, 7) is 0. The highest BCUT2D eigenvalue weighted by Gasteiger charge is 1.92. The molecule has 0 spiro atoms. The molecule has 2 N–H and O–H groups in total. The number of rotatable bonds is 2. The third kappa shape index (κ3) is 4.64. The molecule has 1 radical (unpaired) electrons. The van der Waals surface area contributed by atoms with Gasteiger partial charge in [-0.25, -0.2) is 0 Å². The van der Waals surface area contributed by atoms with Crippen molar-refractivity contribution in [1.82, 2.24) is 0 Å². The molecular weight excluding hydrogens is 203 g/mol. The van der Waals surface area contributed by atoms with E-state index in [4.69, 9.17) is 14.8 Å². The van der Waals surface area contributed by atoms with Gasteiger partial charge in [-0.2, -0.15) is 0 Å². The number of benzene rings is 2. The smallest absolute Gasteiger partial charge is 0.457 e. The molecule has 0 aliphatic rings. The Kier molecular flexibility index (Phi) is 5.77. The van der Waals surface area contributed by atoms with E-state index >= 15 is 0 Å². The second kappa shape index (κ2) is 7.51. The quantitative estimate of drug-likeness (QED) is 0.753. The Labute approximate surface area is 95.3 Å². The number of ether oxygens (including phenoxy) is 1. The summed E-state index contributed by atoms with van der Waals surface area (Å²) >= 11 is 0. The highest BCUT2D eigenvalue weighted by atomic mass is 16.5. The molecule has 0 aliphatic heterocycles. The molecule has 0 aliphatic carbocycles. The van der Waals surface area contributed by atoms with Crippen LogP contribution in [0.4, 0.5) is 0 Å². The first kappa shape index (κ1) is 12.3. The van der Waals surface area contributed by atoms with Crippen molar-refractivity contribution < 1.29 is 14.8 Å². The number of hydrogen-bond donors (Lipinski definition) is 2. The van der Waals surface area contributed by atoms with Crippen molar-refractivity contribution in [3.8, 4) is 11.5 Å². The zero-order valence-corrected chi connectivity index (χ0v) is 8.65. The van der Waals surface area contributed by atoms with E-state index in [9.17, 15) is 0 Å². The third-order valence-corrected chi connectivity index (χ3v) is 1.72. The predicted octanol–water partition coefficient (Wildman–Crippen LogP) is 1.98. The molecule has 0 saturated heterocycles. The number of hydrogen-bond acceptors (Lipinski definition) is 3. The minimum atomic E-state index is 0. The summed E-state index contributed by atoms with van der Waals surface area (Å²) in [6, 6.07) is 19.5. The van der Waals surface area contributed by atoms with Crippen molar-refractivity contribution in [2.45, 2.75) is 0 Å². The van der Waals surface area contributed by atoms with E-state index in [2.05, 4.69) is 0 Å². The van der Waals surface area contributed by atoms with Crippen LogP contribution in [0.3, 0.4) is 0 Å². The molecule has 16 heavy (non-hydrogen) atoms. The lowest BCUT2D eigenvalue weighted by Gasteiger charge is -2.03. The normalized spacial score (nSPS) is 8.62. The topological polar surface area (TPSA) is 49.7 Å². The van der Waals surface area contributed by atoms with Crippen LogP contribution >= 0.6 is 0 Å². The van der Waals surface area contributed by atoms with E-state index in [0.29, 0.717) is 0 Å². The third-order valence-electron chi connectivity index (χ3n) is 1.72. The van der Waals surface area contributed by atoms with E-state index in [1.807, 2.05) is 60.7 Å². The van der Waals surface area contributed by atoms with E-state index in [0.717, 1.165) is 11.5 Å². The summed E-state index contributed by atoms with van der Waals surface area (Å²) in [6.07, 6.45) is 0. The SMILES string of the molecule is O[B]O.c1ccc(Oc2ccccc2)cc1. The van der Waals surface area contributed by atoms with Crippen LogP contribution in [0.15, 0.2) is 60.7 Å². The maximum Gasteiger partial charge on any atom is 0.482 e. The maximum absolute atomic E-state index is 7.00. The van der Waals surface area contributed by atoms with Crippen molar-refractivity contribution in [2.75, 3.05) is 0 Å². The van der Waals surface area contributed by atoms with Crippen LogP contribution in [0.1, 0.15) is 0 Å². The molecule has 4 heteroatoms. The zero-order chi connectivity index (χ0) is 11.6. The Morgan fingerprint density at radius 2 is 1.00 bits per heavy atom. The van der Waals surface area contributed by atoms with Crippen LogP contribution in [-0.4, -0.2) is 17.7 Å². The minimum absolute atomic E-state index is 0. The van der Waals surface area contributed by atoms with Gasteiger partial charge in [0.25, 0.3) is 0 Å². The van der Waals surface area contributed by atoms with Gasteiger partial charge in [-0.05, 0) is 24.3 Å². The van der Waals surface area contributed by atoms with Gasteiger partial charge in [-0.3, -0.25) is 0 Å². The standard InChI is InChI=1S/C12H10O.BH2O2/c1-3-7-11(8-4-1)13-12-9-5-2-6-10-12;2-1-3/h1-10H;2-3H. The molecule has 0 fully saturated rings. The van der Waals surface area contributed by atoms with E-state index in [1.54, 1.807) is 0 Å². The Balaban J connectivity index is 0.000000386. The van der Waals surface area contributed by atoms with Crippen LogP contribution in [0, 0.1) is 0 Å². The van der Waals surface area contributed by atoms with Crippen LogP contribution in [0.2, 0.25) is 0 Å². The Bertz CT molecular complexity index is 340. The molecule has 0 amide bonds. The Morgan fingerprint density at radius 3 is 1.31 bits per heavy atom. The van der Waals surface area contributed by atoms with E-state index in [-0.39, 0.29) is 7.69 Å². The second-order valence-corrected chi connectivity index (χ2v) is 2.84. The van der Waals surface area contributed by atoms with Crippen molar-refractivity contribution in [3.63, 3.8) is 0 Å². The van der Waals surface area contributed by atoms with Gasteiger partial charge < -0.3 is 14.8 Å². The Morgan fingerprint density at radius 1 is 0.688 bits per heavy atom. The fourth-order valence-corrected chi connectivity index (χ4v) is 1.11. The maximum atomic E-state index is 7.00. The van der Waals surface area contributed by atoms with Gasteiger partial charge in [0, 0.05) is 0 Å². The molecule has 2 rings (SSSR count). The molecule has 0 atom stereocenters. The van der Waals surface area contributed by atoms with Crippen molar-refractivity contribution in [2.24, 2.45) is 0 Å². The van der Waals surface area contributed by atoms with Crippen molar-refractivity contribution >= 4 is 7.69 Å². The van der Waals surface area contributed by atoms with Gasteiger partial charge >= 0.3 is 7.69 Å². The average molecular weight is 215 g/mol. The first-order valence-electron chi connectivity index (χ1n) is 4.75. The molecule has 0 aromatic heterocycles. The highest BCUT2D eigenvalue weighted by molar-refractivity contribution is 6.13. The molecule has 3 nitrogen and oxygen atoms in total. The zero-order valence-electron chi connectivity index (χ0n) is 8.65. The fraction of sp³-hybridized carbons (Fsp3) is 0. The first-order valence-corrected chi connectivity index (χ1v) is 4.75. The molecule has 2 aromatic carbocycles. The van der Waals surface area contributed by atoms with Gasteiger partial charge in [-0.1, -0.05) is 36.4 Å². The van der Waals surface area contributed by atoms with Gasteiger partial charge in [-0.15, -0.1) is 0 Å². The van der Waals surface area contributed by atoms with Crippen molar-refractivity contribution in [3.05, 3.63) is 60.7 Å². The van der Waals surface area contributed by atoms with Gasteiger partial charge in [0.2, 0.25) is 0 Å². The summed E-state index contributed by atoms with van der Waals surface area (Å²) in [5.74, 6) is 1.74. The molecule has 2 aromatic rings. The predicted molar refractivity (Wildman–Crippen MR) is 63.1 cm³/mol. The summed E-state index contributed by atoms with van der Waals surface area (Å²) in [4.78, 5) is 0. The van der Waals surface area contributed by atoms with Crippen molar-refractivity contribution in [1.29, 1.82) is 0 Å².